The summed E-state index contributed by atoms with van der Waals surface area (Å²) in [6, 6.07) is 8.30. The number of phenolic OH excluding ortho intramolecular Hbond substituents is 1. The maximum Gasteiger partial charge on any atom is 0.123 e. The normalized spacial score (nSPS) is 11.6. The molecule has 1 aromatic carbocycles. The maximum atomic E-state index is 9.04. The van der Waals surface area contributed by atoms with Crippen LogP contribution in [0.3, 0.4) is 0 Å². The maximum absolute atomic E-state index is 9.04. The molecule has 1 heteroatoms. The number of benzene rings is 1. The molecular weight excluding hydrogens is 148 g/mol. The number of hydrogen-bond donors (Lipinski definition) is 1. The summed E-state index contributed by atoms with van der Waals surface area (Å²) in [5.74, 6) is 0.214. The Bertz CT molecular complexity index is 246. The molecule has 0 amide bonds. The lowest BCUT2D eigenvalue weighted by Crippen LogP contribution is -2.14. The highest BCUT2D eigenvalue weighted by Crippen LogP contribution is 2.27. The third-order valence-corrected chi connectivity index (χ3v) is 2.46. The number of phenols is 1. The Balaban J connectivity index is 2.96. The SMILES string of the molecule is CCC(C)(C)c1c[c]c(O)cc1. The third-order valence-electron chi connectivity index (χ3n) is 2.46. The van der Waals surface area contributed by atoms with Crippen LogP contribution in [0.15, 0.2) is 18.2 Å². The van der Waals surface area contributed by atoms with E-state index in [0.717, 1.165) is 6.42 Å². The first kappa shape index (κ1) is 9.11. The van der Waals surface area contributed by atoms with Crippen LogP contribution in [0.4, 0.5) is 0 Å². The van der Waals surface area contributed by atoms with Gasteiger partial charge in [-0.2, -0.15) is 0 Å². The van der Waals surface area contributed by atoms with Crippen molar-refractivity contribution in [1.29, 1.82) is 0 Å². The van der Waals surface area contributed by atoms with Crippen molar-refractivity contribution in [2.45, 2.75) is 32.6 Å². The van der Waals surface area contributed by atoms with Crippen molar-refractivity contribution in [3.8, 4) is 5.75 Å². The summed E-state index contributed by atoms with van der Waals surface area (Å²) in [7, 11) is 0. The zero-order valence-corrected chi connectivity index (χ0v) is 7.89. The minimum Gasteiger partial charge on any atom is -0.507 e. The number of aromatic hydroxyl groups is 1. The van der Waals surface area contributed by atoms with E-state index in [0.29, 0.717) is 0 Å². The predicted octanol–water partition coefficient (Wildman–Crippen LogP) is 2.88. The van der Waals surface area contributed by atoms with Gasteiger partial charge in [-0.3, -0.25) is 0 Å². The summed E-state index contributed by atoms with van der Waals surface area (Å²) in [6.45, 7) is 6.54. The minimum atomic E-state index is 0.185. The van der Waals surface area contributed by atoms with Gasteiger partial charge in [0, 0.05) is 6.07 Å². The molecule has 0 aliphatic heterocycles. The van der Waals surface area contributed by atoms with E-state index in [-0.39, 0.29) is 11.2 Å². The molecule has 1 rings (SSSR count). The molecule has 0 saturated heterocycles. The fourth-order valence-corrected chi connectivity index (χ4v) is 1.04. The van der Waals surface area contributed by atoms with Gasteiger partial charge in [0.05, 0.1) is 0 Å². The lowest BCUT2D eigenvalue weighted by atomic mass is 9.82. The summed E-state index contributed by atoms with van der Waals surface area (Å²) in [6.07, 6.45) is 1.09. The van der Waals surface area contributed by atoms with Crippen molar-refractivity contribution in [1.82, 2.24) is 0 Å². The smallest absolute Gasteiger partial charge is 0.123 e. The van der Waals surface area contributed by atoms with Crippen LogP contribution in [-0.4, -0.2) is 5.11 Å². The summed E-state index contributed by atoms with van der Waals surface area (Å²) in [4.78, 5) is 0. The van der Waals surface area contributed by atoms with Gasteiger partial charge in [0.2, 0.25) is 0 Å². The Kier molecular flexibility index (Phi) is 2.41. The molecule has 1 aromatic rings. The van der Waals surface area contributed by atoms with E-state index in [2.05, 4.69) is 26.8 Å². The zero-order valence-electron chi connectivity index (χ0n) is 7.89. The zero-order chi connectivity index (χ0) is 9.19. The van der Waals surface area contributed by atoms with Crippen molar-refractivity contribution < 1.29 is 5.11 Å². The first-order chi connectivity index (χ1) is 5.56. The lowest BCUT2D eigenvalue weighted by Gasteiger charge is -2.22. The quantitative estimate of drug-likeness (QED) is 0.710. The van der Waals surface area contributed by atoms with Gasteiger partial charge in [-0.1, -0.05) is 26.8 Å². The molecule has 0 bridgehead atoms. The average molecular weight is 163 g/mol. The molecule has 65 valence electrons. The summed E-state index contributed by atoms with van der Waals surface area (Å²) < 4.78 is 0. The van der Waals surface area contributed by atoms with Gasteiger partial charge >= 0.3 is 0 Å². The van der Waals surface area contributed by atoms with E-state index in [1.165, 1.54) is 5.56 Å². The van der Waals surface area contributed by atoms with Gasteiger partial charge in [0.15, 0.2) is 0 Å². The molecule has 0 spiro atoms. The Morgan fingerprint density at radius 3 is 2.50 bits per heavy atom. The van der Waals surface area contributed by atoms with E-state index in [4.69, 9.17) is 5.11 Å². The molecule has 0 saturated carbocycles. The molecule has 12 heavy (non-hydrogen) atoms. The first-order valence-corrected chi connectivity index (χ1v) is 4.27. The van der Waals surface area contributed by atoms with E-state index in [1.54, 1.807) is 6.07 Å². The van der Waals surface area contributed by atoms with Crippen LogP contribution in [0.5, 0.6) is 5.75 Å². The molecule has 1 N–H and O–H groups in total. The summed E-state index contributed by atoms with van der Waals surface area (Å²) in [5.41, 5.74) is 1.41. The number of hydrogen-bond acceptors (Lipinski definition) is 1. The van der Waals surface area contributed by atoms with Crippen molar-refractivity contribution in [2.24, 2.45) is 0 Å². The predicted molar refractivity (Wildman–Crippen MR) is 50.3 cm³/mol. The molecular formula is C11H15O. The summed E-state index contributed by atoms with van der Waals surface area (Å²) >= 11 is 0. The van der Waals surface area contributed by atoms with Crippen LogP contribution in [0.2, 0.25) is 0 Å². The number of rotatable bonds is 2. The molecule has 0 fully saturated rings. The molecule has 1 radical (unpaired) electrons. The minimum absolute atomic E-state index is 0.185. The van der Waals surface area contributed by atoms with Crippen LogP contribution in [-0.2, 0) is 5.41 Å². The van der Waals surface area contributed by atoms with E-state index >= 15 is 0 Å². The molecule has 0 unspecified atom stereocenters. The molecule has 0 aromatic heterocycles. The van der Waals surface area contributed by atoms with Crippen molar-refractivity contribution >= 4 is 0 Å². The van der Waals surface area contributed by atoms with Crippen LogP contribution < -0.4 is 0 Å². The van der Waals surface area contributed by atoms with Crippen LogP contribution in [0, 0.1) is 6.07 Å². The fourth-order valence-electron chi connectivity index (χ4n) is 1.04. The Morgan fingerprint density at radius 1 is 1.42 bits per heavy atom. The van der Waals surface area contributed by atoms with Crippen molar-refractivity contribution in [3.63, 3.8) is 0 Å². The first-order valence-electron chi connectivity index (χ1n) is 4.27. The highest BCUT2D eigenvalue weighted by atomic mass is 16.3. The highest BCUT2D eigenvalue weighted by Gasteiger charge is 2.17. The highest BCUT2D eigenvalue weighted by molar-refractivity contribution is 5.29. The third kappa shape index (κ3) is 1.79. The Hall–Kier alpha value is -0.980. The molecule has 0 atom stereocenters. The Morgan fingerprint density at radius 2 is 2.08 bits per heavy atom. The standard InChI is InChI=1S/C11H15O/c1-4-11(2,3)9-5-7-10(12)8-6-9/h5-7,12H,4H2,1-3H3. The second-order valence-electron chi connectivity index (χ2n) is 3.70. The van der Waals surface area contributed by atoms with E-state index < -0.39 is 0 Å². The van der Waals surface area contributed by atoms with Gasteiger partial charge in [0.1, 0.15) is 5.75 Å². The second-order valence-corrected chi connectivity index (χ2v) is 3.70. The van der Waals surface area contributed by atoms with E-state index in [9.17, 15) is 0 Å². The lowest BCUT2D eigenvalue weighted by molar-refractivity contribution is 0.470. The molecule has 0 aliphatic carbocycles. The van der Waals surface area contributed by atoms with Crippen molar-refractivity contribution in [3.05, 3.63) is 29.8 Å². The van der Waals surface area contributed by atoms with Crippen molar-refractivity contribution in [2.75, 3.05) is 0 Å². The second kappa shape index (κ2) is 3.18. The van der Waals surface area contributed by atoms with E-state index in [1.807, 2.05) is 12.1 Å². The molecule has 0 aliphatic rings. The summed E-state index contributed by atoms with van der Waals surface area (Å²) in [5, 5.41) is 9.04. The van der Waals surface area contributed by atoms with Crippen LogP contribution >= 0.6 is 0 Å². The average Bonchev–Trinajstić information content (AvgIpc) is 2.05. The molecule has 0 heterocycles. The monoisotopic (exact) mass is 163 g/mol. The van der Waals surface area contributed by atoms with Crippen LogP contribution in [0.25, 0.3) is 0 Å². The molecule has 1 nitrogen and oxygen atoms in total. The largest absolute Gasteiger partial charge is 0.507 e. The van der Waals surface area contributed by atoms with Gasteiger partial charge in [-0.25, -0.2) is 0 Å². The van der Waals surface area contributed by atoms with Crippen LogP contribution in [0.1, 0.15) is 32.8 Å². The fraction of sp³-hybridized carbons (Fsp3) is 0.455. The van der Waals surface area contributed by atoms with Gasteiger partial charge in [-0.15, -0.1) is 0 Å². The topological polar surface area (TPSA) is 20.2 Å². The van der Waals surface area contributed by atoms with Gasteiger partial charge in [-0.05, 0) is 29.5 Å². The Labute approximate surface area is 74.1 Å². The van der Waals surface area contributed by atoms with Gasteiger partial charge in [0.25, 0.3) is 0 Å². The van der Waals surface area contributed by atoms with Gasteiger partial charge < -0.3 is 5.11 Å².